The van der Waals surface area contributed by atoms with Crippen LogP contribution in [0.15, 0.2) is 158 Å². The second-order valence-electron chi connectivity index (χ2n) is 10.2. The normalized spacial score (nSPS) is 19.0. The Balaban J connectivity index is 0.00000248. The minimum atomic E-state index is -0.0191. The molecule has 0 saturated carbocycles. The van der Waals surface area contributed by atoms with E-state index in [4.69, 9.17) is 0 Å². The topological polar surface area (TPSA) is 39.3 Å². The number of likely N-dealkylation sites (N-methyl/N-ethyl adjacent to an activating group) is 1. The molecule has 3 atom stereocenters. The highest BCUT2D eigenvalue weighted by atomic mass is 15.2. The number of nitrogens with one attached hydrogen (secondary N) is 3. The van der Waals surface area contributed by atoms with Crippen LogP contribution in [0.25, 0.3) is 5.57 Å². The maximum Gasteiger partial charge on any atom is 0.106 e. The van der Waals surface area contributed by atoms with E-state index >= 15 is 0 Å². The van der Waals surface area contributed by atoms with Crippen LogP contribution in [-0.4, -0.2) is 25.2 Å². The van der Waals surface area contributed by atoms with E-state index in [1.54, 1.807) is 12.2 Å². The van der Waals surface area contributed by atoms with Crippen molar-refractivity contribution in [3.63, 3.8) is 0 Å². The zero-order valence-corrected chi connectivity index (χ0v) is 26.3. The first-order valence-electron chi connectivity index (χ1n) is 15.1. The molecule has 1 aliphatic heterocycles. The number of rotatable bonds is 12. The first kappa shape index (κ1) is 33.1. The van der Waals surface area contributed by atoms with Gasteiger partial charge in [-0.2, -0.15) is 0 Å². The quantitative estimate of drug-likeness (QED) is 0.176. The van der Waals surface area contributed by atoms with Crippen molar-refractivity contribution in [2.75, 3.05) is 14.1 Å². The van der Waals surface area contributed by atoms with Gasteiger partial charge in [0.25, 0.3) is 0 Å². The van der Waals surface area contributed by atoms with E-state index in [2.05, 4.69) is 127 Å². The van der Waals surface area contributed by atoms with E-state index in [1.807, 2.05) is 45.2 Å². The molecule has 0 fully saturated rings. The summed E-state index contributed by atoms with van der Waals surface area (Å²) in [7, 11) is 4.05. The molecule has 2 aromatic rings. The minimum absolute atomic E-state index is 0.00224. The monoisotopic (exact) mass is 572 g/mol. The van der Waals surface area contributed by atoms with Gasteiger partial charge < -0.3 is 10.2 Å². The third kappa shape index (κ3) is 8.35. The fourth-order valence-corrected chi connectivity index (χ4v) is 5.43. The third-order valence-electron chi connectivity index (χ3n) is 7.66. The molecule has 4 nitrogen and oxygen atoms in total. The lowest BCUT2D eigenvalue weighted by Crippen LogP contribution is -2.48. The molecule has 2 aliphatic rings. The lowest BCUT2D eigenvalue weighted by atomic mass is 9.87. The maximum absolute atomic E-state index is 4.25. The summed E-state index contributed by atoms with van der Waals surface area (Å²) in [4.78, 5) is 2.16. The average Bonchev–Trinajstić information content (AvgIpc) is 3.07. The van der Waals surface area contributed by atoms with Crippen LogP contribution in [0.1, 0.15) is 55.6 Å². The molecule has 0 spiro atoms. The van der Waals surface area contributed by atoms with Crippen molar-refractivity contribution >= 4 is 5.57 Å². The van der Waals surface area contributed by atoms with E-state index in [1.165, 1.54) is 27.8 Å². The largest absolute Gasteiger partial charge is 0.366 e. The highest BCUT2D eigenvalue weighted by Crippen LogP contribution is 2.35. The van der Waals surface area contributed by atoms with Crippen LogP contribution >= 0.6 is 0 Å². The predicted molar refractivity (Wildman–Crippen MR) is 187 cm³/mol. The molecule has 1 heterocycles. The van der Waals surface area contributed by atoms with E-state index < -0.39 is 0 Å². The summed E-state index contributed by atoms with van der Waals surface area (Å²) in [6.07, 6.45) is 20.0. The van der Waals surface area contributed by atoms with Crippen molar-refractivity contribution in [2.45, 2.75) is 45.1 Å². The summed E-state index contributed by atoms with van der Waals surface area (Å²) < 4.78 is 0. The molecule has 4 rings (SSSR count). The SMILES string of the molecule is C=C/C=C\C(=C)N(C)C(NC)c1ccccc1C1=CC=C(C2NC(/C(C=C)=C/C=C)=CC(c3ccccc3)N2)CC1.CC. The highest BCUT2D eigenvalue weighted by molar-refractivity contribution is 5.72. The fraction of sp³-hybridized carbons (Fsp3) is 0.231. The van der Waals surface area contributed by atoms with Crippen LogP contribution < -0.4 is 16.0 Å². The van der Waals surface area contributed by atoms with Crippen molar-refractivity contribution < 1.29 is 0 Å². The van der Waals surface area contributed by atoms with Crippen molar-refractivity contribution in [3.8, 4) is 0 Å². The van der Waals surface area contributed by atoms with Gasteiger partial charge in [-0.15, -0.1) is 0 Å². The molecule has 0 amide bonds. The van der Waals surface area contributed by atoms with Gasteiger partial charge in [-0.3, -0.25) is 10.6 Å². The second kappa shape index (κ2) is 16.9. The molecule has 43 heavy (non-hydrogen) atoms. The zero-order valence-electron chi connectivity index (χ0n) is 26.3. The van der Waals surface area contributed by atoms with Crippen molar-refractivity contribution in [2.24, 2.45) is 0 Å². The van der Waals surface area contributed by atoms with Gasteiger partial charge in [-0.25, -0.2) is 0 Å². The van der Waals surface area contributed by atoms with Crippen LogP contribution in [0.4, 0.5) is 0 Å². The zero-order chi connectivity index (χ0) is 31.2. The number of hydrogen-bond acceptors (Lipinski definition) is 4. The van der Waals surface area contributed by atoms with Gasteiger partial charge in [0.15, 0.2) is 0 Å². The molecule has 224 valence electrons. The Morgan fingerprint density at radius 3 is 2.33 bits per heavy atom. The molecular formula is C39H48N4. The molecular weight excluding hydrogens is 524 g/mol. The summed E-state index contributed by atoms with van der Waals surface area (Å²) >= 11 is 0. The molecule has 3 unspecified atom stereocenters. The second-order valence-corrected chi connectivity index (χ2v) is 10.2. The van der Waals surface area contributed by atoms with Gasteiger partial charge in [0.2, 0.25) is 0 Å². The summed E-state index contributed by atoms with van der Waals surface area (Å²) in [6, 6.07) is 19.3. The van der Waals surface area contributed by atoms with Gasteiger partial charge in [-0.05, 0) is 65.5 Å². The third-order valence-corrected chi connectivity index (χ3v) is 7.66. The van der Waals surface area contributed by atoms with Gasteiger partial charge in [0, 0.05) is 18.4 Å². The van der Waals surface area contributed by atoms with Crippen LogP contribution in [0.2, 0.25) is 0 Å². The molecule has 2 aromatic carbocycles. The van der Waals surface area contributed by atoms with Gasteiger partial charge >= 0.3 is 0 Å². The van der Waals surface area contributed by atoms with E-state index in [9.17, 15) is 0 Å². The first-order chi connectivity index (χ1) is 21.0. The highest BCUT2D eigenvalue weighted by Gasteiger charge is 2.27. The smallest absolute Gasteiger partial charge is 0.106 e. The molecule has 0 radical (unpaired) electrons. The number of nitrogens with zero attached hydrogens (tertiary/aromatic N) is 1. The molecule has 0 aromatic heterocycles. The molecule has 1 aliphatic carbocycles. The van der Waals surface area contributed by atoms with Gasteiger partial charge in [0.05, 0.1) is 6.04 Å². The van der Waals surface area contributed by atoms with E-state index in [0.29, 0.717) is 0 Å². The van der Waals surface area contributed by atoms with Crippen LogP contribution in [0.5, 0.6) is 0 Å². The Labute approximate surface area is 260 Å². The Morgan fingerprint density at radius 2 is 1.70 bits per heavy atom. The van der Waals surface area contributed by atoms with Crippen LogP contribution in [-0.2, 0) is 0 Å². The standard InChI is InChI=1S/C37H42N4.C2H6/c1-7-10-17-27(4)41(6)37(38-5)33-21-15-14-20-32(33)29-22-24-31(25-23-29)36-39-34(28(9-3)16-8-2)26-35(40-36)30-18-12-11-13-19-30;1-2/h7-22,24,26,35-40H,1-4,23,25H2,5-6H3;1-2H3/b17-10-,28-16+;. The average molecular weight is 573 g/mol. The Hall–Kier alpha value is -4.38. The van der Waals surface area contributed by atoms with Crippen molar-refractivity contribution in [1.29, 1.82) is 0 Å². The maximum atomic E-state index is 4.25. The van der Waals surface area contributed by atoms with Crippen molar-refractivity contribution in [1.82, 2.24) is 20.9 Å². The van der Waals surface area contributed by atoms with Crippen molar-refractivity contribution in [3.05, 3.63) is 175 Å². The van der Waals surface area contributed by atoms with E-state index in [0.717, 1.165) is 29.8 Å². The fourth-order valence-electron chi connectivity index (χ4n) is 5.43. The van der Waals surface area contributed by atoms with Gasteiger partial charge in [0.1, 0.15) is 12.3 Å². The van der Waals surface area contributed by atoms with Crippen LogP contribution in [0, 0.1) is 0 Å². The number of allylic oxidation sites excluding steroid dienone is 9. The Morgan fingerprint density at radius 1 is 0.977 bits per heavy atom. The molecule has 0 saturated heterocycles. The Bertz CT molecular complexity index is 1420. The summed E-state index contributed by atoms with van der Waals surface area (Å²) in [5, 5.41) is 11.0. The summed E-state index contributed by atoms with van der Waals surface area (Å²) in [5.74, 6) is 0. The van der Waals surface area contributed by atoms with Gasteiger partial charge in [-0.1, -0.05) is 137 Å². The van der Waals surface area contributed by atoms with Crippen LogP contribution in [0.3, 0.4) is 0 Å². The number of hydrogen-bond donors (Lipinski definition) is 3. The Kier molecular flexibility index (Phi) is 13.0. The molecule has 0 bridgehead atoms. The molecule has 3 N–H and O–H groups in total. The first-order valence-corrected chi connectivity index (χ1v) is 15.1. The summed E-state index contributed by atoms with van der Waals surface area (Å²) in [5.41, 5.74) is 9.36. The minimum Gasteiger partial charge on any atom is -0.366 e. The summed E-state index contributed by atoms with van der Waals surface area (Å²) in [6.45, 7) is 20.0. The molecule has 4 heteroatoms. The predicted octanol–water partition coefficient (Wildman–Crippen LogP) is 8.66. The van der Waals surface area contributed by atoms with E-state index in [-0.39, 0.29) is 18.4 Å². The lowest BCUT2D eigenvalue weighted by Gasteiger charge is -2.36. The lowest BCUT2D eigenvalue weighted by molar-refractivity contribution is 0.282. The number of benzene rings is 2.